The number of carboxylic acids is 1. The van der Waals surface area contributed by atoms with Gasteiger partial charge in [-0.05, 0) is 31.9 Å². The van der Waals surface area contributed by atoms with E-state index in [9.17, 15) is 14.7 Å². The molecule has 1 amide bonds. The van der Waals surface area contributed by atoms with Gasteiger partial charge in [-0.3, -0.25) is 14.6 Å². The zero-order valence-electron chi connectivity index (χ0n) is 15.1. The van der Waals surface area contributed by atoms with Gasteiger partial charge in [-0.15, -0.1) is 0 Å². The highest BCUT2D eigenvalue weighted by atomic mass is 35.5. The van der Waals surface area contributed by atoms with Crippen LogP contribution in [0.15, 0.2) is 24.3 Å². The van der Waals surface area contributed by atoms with Crippen LogP contribution in [0.2, 0.25) is 5.02 Å². The van der Waals surface area contributed by atoms with Crippen molar-refractivity contribution in [2.45, 2.75) is 19.8 Å². The van der Waals surface area contributed by atoms with Crippen molar-refractivity contribution in [3.8, 4) is 0 Å². The minimum Gasteiger partial charge on any atom is -0.481 e. The maximum absolute atomic E-state index is 13.3. The van der Waals surface area contributed by atoms with Crippen LogP contribution in [0.4, 0.5) is 0 Å². The Morgan fingerprint density at radius 1 is 1.33 bits per heavy atom. The first-order chi connectivity index (χ1) is 12.9. The van der Waals surface area contributed by atoms with Crippen molar-refractivity contribution in [3.63, 3.8) is 0 Å². The number of nitrogens with zero attached hydrogens (tertiary/aromatic N) is 2. The van der Waals surface area contributed by atoms with Gasteiger partial charge >= 0.3 is 5.97 Å². The number of hydrogen-bond acceptors (Lipinski definition) is 4. The lowest BCUT2D eigenvalue weighted by molar-refractivity contribution is -0.146. The average molecular weight is 389 g/mol. The fourth-order valence-electron chi connectivity index (χ4n) is 4.44. The minimum atomic E-state index is -0.842. The van der Waals surface area contributed by atoms with Gasteiger partial charge in [0.15, 0.2) is 0 Å². The number of aliphatic carboxylic acids is 1. The number of aryl methyl sites for hydroxylation is 1. The molecule has 1 unspecified atom stereocenters. The highest BCUT2D eigenvalue weighted by Gasteiger charge is 2.52. The molecule has 1 spiro atoms. The molecule has 0 radical (unpaired) electrons. The molecule has 3 heterocycles. The lowest BCUT2D eigenvalue weighted by Crippen LogP contribution is -2.40. The summed E-state index contributed by atoms with van der Waals surface area (Å²) < 4.78 is 5.43. The van der Waals surface area contributed by atoms with Crippen LogP contribution in [0.3, 0.4) is 0 Å². The Morgan fingerprint density at radius 2 is 2.07 bits per heavy atom. The summed E-state index contributed by atoms with van der Waals surface area (Å²) in [5.41, 5.74) is 1.41. The summed E-state index contributed by atoms with van der Waals surface area (Å²) in [7, 11) is 0. The number of pyridine rings is 1. The molecule has 0 aliphatic carbocycles. The number of carbonyl (C=O) groups excluding carboxylic acids is 1. The molecule has 7 heteroatoms. The first kappa shape index (κ1) is 18.2. The third-order valence-electron chi connectivity index (χ3n) is 5.87. The summed E-state index contributed by atoms with van der Waals surface area (Å²) in [6.07, 6.45) is 1.32. The lowest BCUT2D eigenvalue weighted by Gasteiger charge is -2.36. The van der Waals surface area contributed by atoms with Gasteiger partial charge < -0.3 is 14.7 Å². The number of halogens is 1. The zero-order valence-corrected chi connectivity index (χ0v) is 15.8. The van der Waals surface area contributed by atoms with Crippen LogP contribution in [-0.4, -0.2) is 53.2 Å². The second-order valence-corrected chi connectivity index (χ2v) is 7.91. The Labute approximate surface area is 162 Å². The van der Waals surface area contributed by atoms with Gasteiger partial charge in [0, 0.05) is 42.8 Å². The van der Waals surface area contributed by atoms with Gasteiger partial charge in [0.1, 0.15) is 0 Å². The summed E-state index contributed by atoms with van der Waals surface area (Å²) in [4.78, 5) is 31.4. The van der Waals surface area contributed by atoms with Gasteiger partial charge in [-0.1, -0.05) is 23.7 Å². The van der Waals surface area contributed by atoms with E-state index < -0.39 is 17.3 Å². The van der Waals surface area contributed by atoms with E-state index in [0.29, 0.717) is 59.8 Å². The van der Waals surface area contributed by atoms with Crippen molar-refractivity contribution in [1.82, 2.24) is 9.88 Å². The molecule has 0 bridgehead atoms. The summed E-state index contributed by atoms with van der Waals surface area (Å²) in [5, 5.41) is 10.9. The number of para-hydroxylation sites is 1. The molecule has 2 fully saturated rings. The highest BCUT2D eigenvalue weighted by Crippen LogP contribution is 2.45. The molecule has 1 N–H and O–H groups in total. The maximum Gasteiger partial charge on any atom is 0.308 e. The number of carbonyl (C=O) groups is 2. The lowest BCUT2D eigenvalue weighted by atomic mass is 9.72. The van der Waals surface area contributed by atoms with E-state index in [1.54, 1.807) is 23.1 Å². The Balaban J connectivity index is 1.73. The average Bonchev–Trinajstić information content (AvgIpc) is 3.01. The molecular formula is C20H21ClN2O4. The molecule has 1 atom stereocenters. The van der Waals surface area contributed by atoms with Crippen molar-refractivity contribution in [2.24, 2.45) is 11.3 Å². The molecule has 2 aliphatic rings. The molecule has 2 saturated heterocycles. The largest absolute Gasteiger partial charge is 0.481 e. The first-order valence-corrected chi connectivity index (χ1v) is 9.45. The Morgan fingerprint density at radius 3 is 2.78 bits per heavy atom. The third-order valence-corrected chi connectivity index (χ3v) is 6.18. The predicted molar refractivity (Wildman–Crippen MR) is 101 cm³/mol. The quantitative estimate of drug-likeness (QED) is 0.854. The normalized spacial score (nSPS) is 21.7. The fraction of sp³-hybridized carbons (Fsp3) is 0.450. The van der Waals surface area contributed by atoms with Gasteiger partial charge in [0.25, 0.3) is 5.91 Å². The standard InChI is InChI=1S/C20H21ClN2O4/c1-12-9-14(13-3-2-4-16(21)17(13)22-12)18(24)23-10-15(19(25)26)20(11-23)5-7-27-8-6-20/h2-4,9,15H,5-8,10-11H2,1H3,(H,25,26). The number of rotatable bonds is 2. The molecule has 1 aromatic heterocycles. The van der Waals surface area contributed by atoms with Crippen LogP contribution in [0.25, 0.3) is 10.9 Å². The molecular weight excluding hydrogens is 368 g/mol. The van der Waals surface area contributed by atoms with Crippen LogP contribution in [0.5, 0.6) is 0 Å². The maximum atomic E-state index is 13.3. The minimum absolute atomic E-state index is 0.164. The summed E-state index contributed by atoms with van der Waals surface area (Å²) in [6, 6.07) is 7.13. The molecule has 142 valence electrons. The van der Waals surface area contributed by atoms with Gasteiger partial charge in [0.05, 0.1) is 22.0 Å². The molecule has 0 saturated carbocycles. The van der Waals surface area contributed by atoms with E-state index in [-0.39, 0.29) is 12.5 Å². The number of ether oxygens (including phenoxy) is 1. The molecule has 4 rings (SSSR count). The van der Waals surface area contributed by atoms with Gasteiger partial charge in [0.2, 0.25) is 0 Å². The molecule has 1 aromatic carbocycles. The molecule has 2 aliphatic heterocycles. The number of benzene rings is 1. The van der Waals surface area contributed by atoms with E-state index in [1.807, 2.05) is 13.0 Å². The van der Waals surface area contributed by atoms with Crippen LogP contribution in [-0.2, 0) is 9.53 Å². The first-order valence-electron chi connectivity index (χ1n) is 9.07. The second-order valence-electron chi connectivity index (χ2n) is 7.50. The van der Waals surface area contributed by atoms with Crippen LogP contribution in [0, 0.1) is 18.3 Å². The van der Waals surface area contributed by atoms with E-state index in [4.69, 9.17) is 16.3 Å². The van der Waals surface area contributed by atoms with E-state index >= 15 is 0 Å². The van der Waals surface area contributed by atoms with E-state index in [1.165, 1.54) is 0 Å². The monoisotopic (exact) mass is 388 g/mol. The molecule has 27 heavy (non-hydrogen) atoms. The smallest absolute Gasteiger partial charge is 0.308 e. The summed E-state index contributed by atoms with van der Waals surface area (Å²) in [5.74, 6) is -1.57. The number of likely N-dealkylation sites (tertiary alicyclic amines) is 1. The van der Waals surface area contributed by atoms with E-state index in [2.05, 4.69) is 4.98 Å². The van der Waals surface area contributed by atoms with E-state index in [0.717, 1.165) is 0 Å². The van der Waals surface area contributed by atoms with Gasteiger partial charge in [-0.25, -0.2) is 0 Å². The fourth-order valence-corrected chi connectivity index (χ4v) is 4.65. The highest BCUT2D eigenvalue weighted by molar-refractivity contribution is 6.35. The second kappa shape index (κ2) is 6.77. The van der Waals surface area contributed by atoms with Crippen molar-refractivity contribution >= 4 is 34.4 Å². The van der Waals surface area contributed by atoms with Crippen LogP contribution >= 0.6 is 11.6 Å². The van der Waals surface area contributed by atoms with Gasteiger partial charge in [-0.2, -0.15) is 0 Å². The SMILES string of the molecule is Cc1cc(C(=O)N2CC(C(=O)O)C3(CCOCC3)C2)c2cccc(Cl)c2n1. The molecule has 2 aromatic rings. The molecule has 6 nitrogen and oxygen atoms in total. The number of aromatic nitrogens is 1. The number of fused-ring (bicyclic) bond motifs is 1. The van der Waals surface area contributed by atoms with Crippen molar-refractivity contribution in [1.29, 1.82) is 0 Å². The summed E-state index contributed by atoms with van der Waals surface area (Å²) in [6.45, 7) is 3.56. The summed E-state index contributed by atoms with van der Waals surface area (Å²) >= 11 is 6.27. The van der Waals surface area contributed by atoms with Crippen molar-refractivity contribution in [2.75, 3.05) is 26.3 Å². The van der Waals surface area contributed by atoms with Crippen molar-refractivity contribution < 1.29 is 19.4 Å². The van der Waals surface area contributed by atoms with Crippen LogP contribution < -0.4 is 0 Å². The third kappa shape index (κ3) is 3.07. The number of hydrogen-bond donors (Lipinski definition) is 1. The zero-order chi connectivity index (χ0) is 19.2. The van der Waals surface area contributed by atoms with Crippen LogP contribution in [0.1, 0.15) is 28.9 Å². The number of amides is 1. The Bertz CT molecular complexity index is 924. The predicted octanol–water partition coefficient (Wildman–Crippen LogP) is 3.15. The Hall–Kier alpha value is -2.18. The van der Waals surface area contributed by atoms with Crippen molar-refractivity contribution in [3.05, 3.63) is 40.5 Å². The Kier molecular flexibility index (Phi) is 4.56. The topological polar surface area (TPSA) is 79.7 Å². The number of carboxylic acid groups (broad SMARTS) is 1.